The Balaban J connectivity index is 2.86. The van der Waals surface area contributed by atoms with Gasteiger partial charge in [0.1, 0.15) is 0 Å². The Morgan fingerprint density at radius 1 is 1.38 bits per heavy atom. The molecule has 0 aromatic carbocycles. The number of thioether (sulfide) groups is 1. The van der Waals surface area contributed by atoms with E-state index in [0.717, 1.165) is 0 Å². The lowest BCUT2D eigenvalue weighted by atomic mass is 10.0. The number of carbonyl (C=O) groups excluding carboxylic acids is 2. The van der Waals surface area contributed by atoms with E-state index < -0.39 is 5.54 Å². The molecule has 0 aromatic rings. The van der Waals surface area contributed by atoms with Gasteiger partial charge >= 0.3 is 0 Å². The third kappa shape index (κ3) is 2.03. The van der Waals surface area contributed by atoms with Crippen LogP contribution in [-0.4, -0.2) is 45.5 Å². The van der Waals surface area contributed by atoms with Gasteiger partial charge in [-0.05, 0) is 13.8 Å². The molecule has 1 aliphatic rings. The van der Waals surface area contributed by atoms with Gasteiger partial charge in [0.15, 0.2) is 0 Å². The van der Waals surface area contributed by atoms with Crippen molar-refractivity contribution in [2.75, 3.05) is 18.1 Å². The molecule has 0 unspecified atom stereocenters. The highest BCUT2D eigenvalue weighted by Gasteiger charge is 2.37. The maximum absolute atomic E-state index is 11.4. The Morgan fingerprint density at radius 2 is 1.85 bits per heavy atom. The average Bonchev–Trinajstić information content (AvgIpc) is 2.03. The minimum Gasteiger partial charge on any atom is -0.394 e. The first-order chi connectivity index (χ1) is 5.99. The Morgan fingerprint density at radius 3 is 2.23 bits per heavy atom. The number of hydrogen-bond acceptors (Lipinski definition) is 4. The Bertz CT molecular complexity index is 224. The molecule has 0 aliphatic carbocycles. The van der Waals surface area contributed by atoms with Crippen LogP contribution >= 0.6 is 11.8 Å². The maximum atomic E-state index is 11.4. The van der Waals surface area contributed by atoms with Crippen LogP contribution in [0.25, 0.3) is 0 Å². The standard InChI is InChI=1S/C8H13NO3S/c1-8(2,5-10)9-6(11)3-13-4-7(9)12/h10H,3-5H2,1-2H3. The number of hydrogen-bond donors (Lipinski definition) is 1. The van der Waals surface area contributed by atoms with Crippen LogP contribution in [0.1, 0.15) is 13.8 Å². The van der Waals surface area contributed by atoms with Crippen molar-refractivity contribution in [2.24, 2.45) is 0 Å². The fourth-order valence-corrected chi connectivity index (χ4v) is 1.95. The fourth-order valence-electron chi connectivity index (χ4n) is 1.24. The summed E-state index contributed by atoms with van der Waals surface area (Å²) in [6, 6.07) is 0. The van der Waals surface area contributed by atoms with Crippen molar-refractivity contribution in [1.82, 2.24) is 4.90 Å². The van der Waals surface area contributed by atoms with Gasteiger partial charge in [-0.2, -0.15) is 0 Å². The summed E-state index contributed by atoms with van der Waals surface area (Å²) in [7, 11) is 0. The van der Waals surface area contributed by atoms with E-state index in [1.165, 1.54) is 16.7 Å². The molecular weight excluding hydrogens is 190 g/mol. The number of rotatable bonds is 2. The molecule has 0 bridgehead atoms. The van der Waals surface area contributed by atoms with Crippen molar-refractivity contribution in [3.63, 3.8) is 0 Å². The smallest absolute Gasteiger partial charge is 0.239 e. The molecule has 0 atom stereocenters. The molecule has 0 aromatic heterocycles. The molecule has 1 rings (SSSR count). The molecule has 0 saturated carbocycles. The quantitative estimate of drug-likeness (QED) is 0.635. The molecule has 1 aliphatic heterocycles. The van der Waals surface area contributed by atoms with Crippen molar-refractivity contribution < 1.29 is 14.7 Å². The fraction of sp³-hybridized carbons (Fsp3) is 0.750. The van der Waals surface area contributed by atoms with Crippen molar-refractivity contribution in [3.8, 4) is 0 Å². The SMILES string of the molecule is CC(C)(CO)N1C(=O)CSCC1=O. The zero-order chi connectivity index (χ0) is 10.1. The molecule has 0 spiro atoms. The van der Waals surface area contributed by atoms with Crippen LogP contribution in [-0.2, 0) is 9.59 Å². The first-order valence-electron chi connectivity index (χ1n) is 4.03. The van der Waals surface area contributed by atoms with Crippen molar-refractivity contribution >= 4 is 23.6 Å². The van der Waals surface area contributed by atoms with E-state index in [2.05, 4.69) is 0 Å². The molecule has 0 radical (unpaired) electrons. The zero-order valence-corrected chi connectivity index (χ0v) is 8.56. The molecule has 1 heterocycles. The van der Waals surface area contributed by atoms with E-state index in [1.807, 2.05) is 0 Å². The van der Waals surface area contributed by atoms with Crippen LogP contribution in [0.2, 0.25) is 0 Å². The number of aliphatic hydroxyl groups excluding tert-OH is 1. The van der Waals surface area contributed by atoms with Gasteiger partial charge in [0.2, 0.25) is 11.8 Å². The summed E-state index contributed by atoms with van der Waals surface area (Å²) in [5.74, 6) is 0.241. The minimum atomic E-state index is -0.769. The van der Waals surface area contributed by atoms with Gasteiger partial charge < -0.3 is 5.11 Å². The second-order valence-corrected chi connectivity index (χ2v) is 4.57. The predicted octanol–water partition coefficient (Wildman–Crippen LogP) is -0.141. The maximum Gasteiger partial charge on any atom is 0.239 e. The Hall–Kier alpha value is -0.550. The number of carbonyl (C=O) groups is 2. The molecule has 1 N–H and O–H groups in total. The normalized spacial score (nSPS) is 19.5. The van der Waals surface area contributed by atoms with Gasteiger partial charge in [0, 0.05) is 0 Å². The highest BCUT2D eigenvalue weighted by Crippen LogP contribution is 2.21. The van der Waals surface area contributed by atoms with Crippen LogP contribution < -0.4 is 0 Å². The first kappa shape index (κ1) is 10.5. The number of imide groups is 1. The molecule has 4 nitrogen and oxygen atoms in total. The van der Waals surface area contributed by atoms with Crippen LogP contribution in [0.15, 0.2) is 0 Å². The van der Waals surface area contributed by atoms with E-state index in [-0.39, 0.29) is 18.4 Å². The summed E-state index contributed by atoms with van der Waals surface area (Å²) < 4.78 is 0. The summed E-state index contributed by atoms with van der Waals surface area (Å²) in [5.41, 5.74) is -0.769. The third-order valence-corrected chi connectivity index (χ3v) is 2.84. The number of amides is 2. The van der Waals surface area contributed by atoms with E-state index >= 15 is 0 Å². The monoisotopic (exact) mass is 203 g/mol. The Kier molecular flexibility index (Phi) is 2.98. The summed E-state index contributed by atoms with van der Waals surface area (Å²) in [6.07, 6.45) is 0. The van der Waals surface area contributed by atoms with Crippen LogP contribution in [0.3, 0.4) is 0 Å². The second-order valence-electron chi connectivity index (χ2n) is 3.59. The molecule has 2 amide bonds. The first-order valence-corrected chi connectivity index (χ1v) is 5.19. The van der Waals surface area contributed by atoms with Gasteiger partial charge in [0.25, 0.3) is 0 Å². The zero-order valence-electron chi connectivity index (χ0n) is 7.74. The topological polar surface area (TPSA) is 57.6 Å². The summed E-state index contributed by atoms with van der Waals surface area (Å²) in [4.78, 5) is 23.9. The van der Waals surface area contributed by atoms with Crippen LogP contribution in [0.4, 0.5) is 0 Å². The lowest BCUT2D eigenvalue weighted by Crippen LogP contribution is -2.56. The van der Waals surface area contributed by atoms with Gasteiger partial charge in [-0.15, -0.1) is 11.8 Å². The molecule has 1 fully saturated rings. The van der Waals surface area contributed by atoms with E-state index in [1.54, 1.807) is 13.8 Å². The van der Waals surface area contributed by atoms with Crippen molar-refractivity contribution in [3.05, 3.63) is 0 Å². The van der Waals surface area contributed by atoms with Crippen molar-refractivity contribution in [2.45, 2.75) is 19.4 Å². The van der Waals surface area contributed by atoms with E-state index in [0.29, 0.717) is 11.5 Å². The molecule has 1 saturated heterocycles. The van der Waals surface area contributed by atoms with E-state index in [9.17, 15) is 9.59 Å². The second kappa shape index (κ2) is 3.67. The molecule has 74 valence electrons. The predicted molar refractivity (Wildman–Crippen MR) is 50.3 cm³/mol. The molecule has 5 heteroatoms. The highest BCUT2D eigenvalue weighted by molar-refractivity contribution is 8.00. The van der Waals surface area contributed by atoms with Gasteiger partial charge in [-0.25, -0.2) is 0 Å². The minimum absolute atomic E-state index is 0.199. The van der Waals surface area contributed by atoms with Gasteiger partial charge in [-0.1, -0.05) is 0 Å². The summed E-state index contributed by atoms with van der Waals surface area (Å²) >= 11 is 1.32. The molecule has 13 heavy (non-hydrogen) atoms. The van der Waals surface area contributed by atoms with Gasteiger partial charge in [-0.3, -0.25) is 14.5 Å². The lowest BCUT2D eigenvalue weighted by Gasteiger charge is -2.37. The van der Waals surface area contributed by atoms with Crippen LogP contribution in [0.5, 0.6) is 0 Å². The Labute approximate surface area is 81.3 Å². The highest BCUT2D eigenvalue weighted by atomic mass is 32.2. The third-order valence-electron chi connectivity index (χ3n) is 1.94. The average molecular weight is 203 g/mol. The van der Waals surface area contributed by atoms with Crippen molar-refractivity contribution in [1.29, 1.82) is 0 Å². The summed E-state index contributed by atoms with van der Waals surface area (Å²) in [5, 5.41) is 9.03. The van der Waals surface area contributed by atoms with E-state index in [4.69, 9.17) is 5.11 Å². The number of nitrogens with zero attached hydrogens (tertiary/aromatic N) is 1. The van der Waals surface area contributed by atoms with Gasteiger partial charge in [0.05, 0.1) is 23.7 Å². The summed E-state index contributed by atoms with van der Waals surface area (Å²) in [6.45, 7) is 3.16. The molecular formula is C8H13NO3S. The van der Waals surface area contributed by atoms with Crippen LogP contribution in [0, 0.1) is 0 Å². The lowest BCUT2D eigenvalue weighted by molar-refractivity contribution is -0.150. The number of aliphatic hydroxyl groups is 1. The largest absolute Gasteiger partial charge is 0.394 e.